The van der Waals surface area contributed by atoms with Gasteiger partial charge in [0.15, 0.2) is 5.78 Å². The van der Waals surface area contributed by atoms with Gasteiger partial charge in [0, 0.05) is 30.2 Å². The Morgan fingerprint density at radius 3 is 2.51 bits per heavy atom. The van der Waals surface area contributed by atoms with Crippen molar-refractivity contribution in [3.05, 3.63) is 76.7 Å². The van der Waals surface area contributed by atoms with Crippen LogP contribution in [0.3, 0.4) is 0 Å². The Labute approximate surface area is 206 Å². The first-order valence-electron chi connectivity index (χ1n) is 10.8. The number of nitrogens with one attached hydrogen (secondary N) is 1. The van der Waals surface area contributed by atoms with Crippen molar-refractivity contribution in [1.82, 2.24) is 10.3 Å². The van der Waals surface area contributed by atoms with Gasteiger partial charge in [-0.05, 0) is 55.8 Å². The third-order valence-electron chi connectivity index (χ3n) is 5.60. The lowest BCUT2D eigenvalue weighted by Crippen LogP contribution is -2.18. The molecule has 0 fully saturated rings. The molecule has 6 nitrogen and oxygen atoms in total. The van der Waals surface area contributed by atoms with E-state index in [0.29, 0.717) is 27.6 Å². The van der Waals surface area contributed by atoms with Crippen molar-refractivity contribution in [2.24, 2.45) is 5.41 Å². The summed E-state index contributed by atoms with van der Waals surface area (Å²) in [6, 6.07) is 16.3. The molecule has 2 heterocycles. The number of halogens is 2. The van der Waals surface area contributed by atoms with Crippen LogP contribution in [-0.4, -0.2) is 23.7 Å². The maximum atomic E-state index is 13.4. The summed E-state index contributed by atoms with van der Waals surface area (Å²) in [5, 5.41) is 12.4. The molecular weight excluding hydrogens is 469 g/mol. The van der Waals surface area contributed by atoms with E-state index in [1.807, 2.05) is 0 Å². The number of carbonyl (C=O) groups is 2. The van der Waals surface area contributed by atoms with Crippen LogP contribution >= 0.6 is 11.6 Å². The van der Waals surface area contributed by atoms with E-state index in [1.54, 1.807) is 44.2 Å². The number of rotatable bonds is 6. The molecule has 0 spiro atoms. The predicted octanol–water partition coefficient (Wildman–Crippen LogP) is 6.44. The number of nitriles is 1. The molecule has 0 aliphatic heterocycles. The fraction of sp³-hybridized carbons (Fsp3) is 0.185. The maximum Gasteiger partial charge on any atom is 0.255 e. The van der Waals surface area contributed by atoms with Crippen molar-refractivity contribution >= 4 is 34.4 Å². The van der Waals surface area contributed by atoms with Gasteiger partial charge in [0.25, 0.3) is 5.91 Å². The normalized spacial score (nSPS) is 11.3. The Morgan fingerprint density at radius 2 is 1.86 bits per heavy atom. The molecule has 0 saturated carbocycles. The van der Waals surface area contributed by atoms with E-state index in [4.69, 9.17) is 16.0 Å². The van der Waals surface area contributed by atoms with Crippen LogP contribution in [0, 0.1) is 22.6 Å². The number of ketones is 1. The molecule has 0 aliphatic carbocycles. The number of benzene rings is 2. The molecule has 4 rings (SSSR count). The number of fused-ring (bicyclic) bond motifs is 1. The highest BCUT2D eigenvalue weighted by atomic mass is 35.5. The van der Waals surface area contributed by atoms with Crippen molar-refractivity contribution in [3.63, 3.8) is 0 Å². The molecule has 176 valence electrons. The lowest BCUT2D eigenvalue weighted by molar-refractivity contribution is 0.0948. The third-order valence-corrected chi connectivity index (χ3v) is 5.89. The van der Waals surface area contributed by atoms with Gasteiger partial charge in [-0.1, -0.05) is 29.8 Å². The molecule has 2 aromatic heterocycles. The van der Waals surface area contributed by atoms with Gasteiger partial charge in [0.2, 0.25) is 5.71 Å². The van der Waals surface area contributed by atoms with E-state index in [9.17, 15) is 19.2 Å². The second-order valence-electron chi connectivity index (χ2n) is 8.75. The van der Waals surface area contributed by atoms with Crippen molar-refractivity contribution in [1.29, 1.82) is 5.26 Å². The number of nitrogens with zero attached hydrogens (tertiary/aromatic N) is 2. The number of pyridine rings is 1. The third kappa shape index (κ3) is 4.79. The van der Waals surface area contributed by atoms with Gasteiger partial charge in [-0.25, -0.2) is 9.37 Å². The minimum absolute atomic E-state index is 0.0710. The minimum atomic E-state index is -0.791. The summed E-state index contributed by atoms with van der Waals surface area (Å²) in [6.45, 7) is 3.42. The van der Waals surface area contributed by atoms with Gasteiger partial charge in [-0.2, -0.15) is 5.26 Å². The van der Waals surface area contributed by atoms with Crippen molar-refractivity contribution in [2.75, 3.05) is 7.05 Å². The Kier molecular flexibility index (Phi) is 6.42. The first kappa shape index (κ1) is 24.1. The fourth-order valence-corrected chi connectivity index (χ4v) is 4.00. The average molecular weight is 490 g/mol. The quantitative estimate of drug-likeness (QED) is 0.248. The van der Waals surface area contributed by atoms with Gasteiger partial charge < -0.3 is 9.73 Å². The summed E-state index contributed by atoms with van der Waals surface area (Å²) < 4.78 is 19.3. The number of aromatic nitrogens is 1. The maximum absolute atomic E-state index is 13.4. The number of Topliss-reactive ketones (excluding diaryl/α,β-unsaturated/α-hetero) is 1. The standard InChI is InChI=1S/C27H21ClFN3O3/c1-27(2,14-30)13-21(33)17-6-4-5-16(11-17)19-12-20-22(25(34)31-3)23(35-26(20)32-24(19)28)15-7-9-18(29)10-8-15/h4-12H,13H2,1-3H3,(H,31,34). The van der Waals surface area contributed by atoms with Gasteiger partial charge in [-0.15, -0.1) is 0 Å². The molecule has 0 atom stereocenters. The predicted molar refractivity (Wildman–Crippen MR) is 132 cm³/mol. The lowest BCUT2D eigenvalue weighted by atomic mass is 9.87. The van der Waals surface area contributed by atoms with Gasteiger partial charge in [0.05, 0.1) is 22.4 Å². The largest absolute Gasteiger partial charge is 0.437 e. The van der Waals surface area contributed by atoms with E-state index in [-0.39, 0.29) is 34.4 Å². The molecule has 0 radical (unpaired) electrons. The molecule has 35 heavy (non-hydrogen) atoms. The second-order valence-corrected chi connectivity index (χ2v) is 9.11. The van der Waals surface area contributed by atoms with E-state index < -0.39 is 17.1 Å². The number of carbonyl (C=O) groups excluding carboxylic acids is 2. The molecule has 2 aromatic carbocycles. The summed E-state index contributed by atoms with van der Waals surface area (Å²) in [6.07, 6.45) is 0.0710. The Morgan fingerprint density at radius 1 is 1.14 bits per heavy atom. The zero-order valence-corrected chi connectivity index (χ0v) is 20.0. The summed E-state index contributed by atoms with van der Waals surface area (Å²) in [4.78, 5) is 29.9. The molecular formula is C27H21ClFN3O3. The van der Waals surface area contributed by atoms with Crippen LogP contribution < -0.4 is 5.32 Å². The summed E-state index contributed by atoms with van der Waals surface area (Å²) >= 11 is 6.49. The highest BCUT2D eigenvalue weighted by Gasteiger charge is 2.25. The average Bonchev–Trinajstić information content (AvgIpc) is 3.21. The summed E-state index contributed by atoms with van der Waals surface area (Å²) in [5.41, 5.74) is 1.67. The highest BCUT2D eigenvalue weighted by Crippen LogP contribution is 2.38. The molecule has 1 N–H and O–H groups in total. The molecule has 0 bridgehead atoms. The number of furan rings is 1. The van der Waals surface area contributed by atoms with E-state index in [0.717, 1.165) is 0 Å². The zero-order valence-electron chi connectivity index (χ0n) is 19.3. The van der Waals surface area contributed by atoms with Gasteiger partial charge in [-0.3, -0.25) is 9.59 Å². The molecule has 0 aliphatic rings. The van der Waals surface area contributed by atoms with Crippen LogP contribution in [0.4, 0.5) is 4.39 Å². The van der Waals surface area contributed by atoms with Crippen LogP contribution in [-0.2, 0) is 0 Å². The Hall–Kier alpha value is -4.02. The molecule has 8 heteroatoms. The van der Waals surface area contributed by atoms with Crippen LogP contribution in [0.1, 0.15) is 41.0 Å². The van der Waals surface area contributed by atoms with Crippen molar-refractivity contribution in [2.45, 2.75) is 20.3 Å². The van der Waals surface area contributed by atoms with Crippen LogP contribution in [0.2, 0.25) is 5.15 Å². The smallest absolute Gasteiger partial charge is 0.255 e. The van der Waals surface area contributed by atoms with Crippen LogP contribution in [0.15, 0.2) is 59.0 Å². The molecule has 0 unspecified atom stereocenters. The first-order valence-corrected chi connectivity index (χ1v) is 11.2. The number of amides is 1. The Balaban J connectivity index is 1.85. The van der Waals surface area contributed by atoms with E-state index in [2.05, 4.69) is 16.4 Å². The molecule has 4 aromatic rings. The number of hydrogen-bond acceptors (Lipinski definition) is 5. The van der Waals surface area contributed by atoms with E-state index in [1.165, 1.54) is 31.3 Å². The number of hydrogen-bond donors (Lipinski definition) is 1. The van der Waals surface area contributed by atoms with E-state index >= 15 is 0 Å². The highest BCUT2D eigenvalue weighted by molar-refractivity contribution is 6.32. The monoisotopic (exact) mass is 489 g/mol. The van der Waals surface area contributed by atoms with Crippen LogP contribution in [0.25, 0.3) is 33.6 Å². The van der Waals surface area contributed by atoms with Crippen LogP contribution in [0.5, 0.6) is 0 Å². The summed E-state index contributed by atoms with van der Waals surface area (Å²) in [5.74, 6) is -0.748. The SMILES string of the molecule is CNC(=O)c1c(-c2ccc(F)cc2)oc2nc(Cl)c(-c3cccc(C(=O)CC(C)(C)C#N)c3)cc12. The fourth-order valence-electron chi connectivity index (χ4n) is 3.76. The Bertz CT molecular complexity index is 1500. The van der Waals surface area contributed by atoms with Gasteiger partial charge >= 0.3 is 0 Å². The van der Waals surface area contributed by atoms with Crippen molar-refractivity contribution < 1.29 is 18.4 Å². The summed E-state index contributed by atoms with van der Waals surface area (Å²) in [7, 11) is 1.50. The van der Waals surface area contributed by atoms with Gasteiger partial charge in [0.1, 0.15) is 16.7 Å². The zero-order chi connectivity index (χ0) is 25.3. The van der Waals surface area contributed by atoms with Crippen molar-refractivity contribution in [3.8, 4) is 28.5 Å². The topological polar surface area (TPSA) is 96.0 Å². The molecule has 1 amide bonds. The first-order chi connectivity index (χ1) is 16.6. The minimum Gasteiger partial charge on any atom is -0.437 e. The second kappa shape index (κ2) is 9.32. The lowest BCUT2D eigenvalue weighted by Gasteiger charge is -2.14. The molecule has 0 saturated heterocycles.